The van der Waals surface area contributed by atoms with E-state index in [9.17, 15) is 0 Å². The normalized spacial score (nSPS) is 28.9. The summed E-state index contributed by atoms with van der Waals surface area (Å²) in [5, 5.41) is 1.30. The molecule has 0 radical (unpaired) electrons. The second-order valence-corrected chi connectivity index (χ2v) is 6.34. The Balaban J connectivity index is 1.56. The van der Waals surface area contributed by atoms with Crippen LogP contribution >= 0.6 is 0 Å². The van der Waals surface area contributed by atoms with Gasteiger partial charge in [0.25, 0.3) is 0 Å². The maximum absolute atomic E-state index is 5.84. The van der Waals surface area contributed by atoms with Crippen LogP contribution in [0, 0.1) is 0 Å². The Kier molecular flexibility index (Phi) is 3.25. The van der Waals surface area contributed by atoms with Gasteiger partial charge in [0.1, 0.15) is 0 Å². The lowest BCUT2D eigenvalue weighted by molar-refractivity contribution is -0.214. The van der Waals surface area contributed by atoms with Gasteiger partial charge in [-0.25, -0.2) is 0 Å². The highest BCUT2D eigenvalue weighted by molar-refractivity contribution is 5.82. The molecule has 4 rings (SSSR count). The number of para-hydroxylation sites is 1. The number of ether oxygens (including phenoxy) is 1. The van der Waals surface area contributed by atoms with Gasteiger partial charge in [-0.2, -0.15) is 5.48 Å². The summed E-state index contributed by atoms with van der Waals surface area (Å²) in [7, 11) is 0. The van der Waals surface area contributed by atoms with Crippen LogP contribution in [-0.2, 0) is 21.7 Å². The van der Waals surface area contributed by atoms with Crippen molar-refractivity contribution >= 4 is 10.9 Å². The molecule has 2 aliphatic rings. The Bertz CT molecular complexity index is 645. The highest BCUT2D eigenvalue weighted by Gasteiger charge is 2.37. The van der Waals surface area contributed by atoms with E-state index in [1.165, 1.54) is 23.0 Å². The van der Waals surface area contributed by atoms with Crippen LogP contribution in [0.4, 0.5) is 0 Å². The van der Waals surface area contributed by atoms with E-state index in [0.29, 0.717) is 0 Å². The number of hydroxylamine groups is 1. The number of benzene rings is 1. The molecule has 4 heteroatoms. The Hall–Kier alpha value is -1.36. The molecular weight excluding hydrogens is 264 g/mol. The Morgan fingerprint density at radius 2 is 2.24 bits per heavy atom. The van der Waals surface area contributed by atoms with Crippen molar-refractivity contribution in [3.05, 3.63) is 36.0 Å². The van der Waals surface area contributed by atoms with Crippen LogP contribution in [0.2, 0.25) is 0 Å². The lowest BCUT2D eigenvalue weighted by Gasteiger charge is -2.29. The summed E-state index contributed by atoms with van der Waals surface area (Å²) in [5.41, 5.74) is 5.78. The van der Waals surface area contributed by atoms with E-state index in [1.807, 2.05) is 0 Å². The van der Waals surface area contributed by atoms with Crippen molar-refractivity contribution in [1.29, 1.82) is 0 Å². The smallest absolute Gasteiger partial charge is 0.177 e. The fourth-order valence-electron chi connectivity index (χ4n) is 3.48. The first-order chi connectivity index (χ1) is 10.3. The summed E-state index contributed by atoms with van der Waals surface area (Å²) in [6.45, 7) is 4.05. The number of aromatic nitrogens is 1. The van der Waals surface area contributed by atoms with Gasteiger partial charge in [0.05, 0.1) is 5.54 Å². The minimum Gasteiger partial charge on any atom is -0.351 e. The zero-order chi connectivity index (χ0) is 14.3. The molecule has 0 spiro atoms. The minimum absolute atomic E-state index is 0.103. The largest absolute Gasteiger partial charge is 0.351 e. The number of nitrogens with one attached hydrogen (secondary N) is 1. The summed E-state index contributed by atoms with van der Waals surface area (Å²) in [6.07, 6.45) is 4.25. The average Bonchev–Trinajstić information content (AvgIpc) is 3.05. The predicted octanol–water partition coefficient (Wildman–Crippen LogP) is 3.31. The third-order valence-electron chi connectivity index (χ3n) is 4.76. The van der Waals surface area contributed by atoms with E-state index in [0.717, 1.165) is 32.4 Å². The summed E-state index contributed by atoms with van der Waals surface area (Å²) in [5.74, 6) is 0. The van der Waals surface area contributed by atoms with E-state index >= 15 is 0 Å². The molecule has 112 valence electrons. The number of fused-ring (bicyclic) bond motifs is 3. The second-order valence-electron chi connectivity index (χ2n) is 6.34. The maximum Gasteiger partial charge on any atom is 0.177 e. The molecule has 0 amide bonds. The van der Waals surface area contributed by atoms with Crippen molar-refractivity contribution in [3.63, 3.8) is 0 Å². The highest BCUT2D eigenvalue weighted by atomic mass is 16.8. The van der Waals surface area contributed by atoms with E-state index in [4.69, 9.17) is 9.57 Å². The van der Waals surface area contributed by atoms with E-state index < -0.39 is 0 Å². The van der Waals surface area contributed by atoms with Crippen LogP contribution in [0.15, 0.2) is 30.3 Å². The molecule has 2 atom stereocenters. The first kappa shape index (κ1) is 13.3. The van der Waals surface area contributed by atoms with Gasteiger partial charge in [0, 0.05) is 30.8 Å². The summed E-state index contributed by atoms with van der Waals surface area (Å²) in [4.78, 5) is 5.84. The molecule has 1 fully saturated rings. The van der Waals surface area contributed by atoms with Crippen LogP contribution < -0.4 is 5.48 Å². The van der Waals surface area contributed by atoms with E-state index in [-0.39, 0.29) is 11.8 Å². The predicted molar refractivity (Wildman–Crippen MR) is 81.7 cm³/mol. The van der Waals surface area contributed by atoms with Crippen molar-refractivity contribution < 1.29 is 9.57 Å². The van der Waals surface area contributed by atoms with Crippen LogP contribution in [0.1, 0.15) is 38.3 Å². The summed E-state index contributed by atoms with van der Waals surface area (Å²) < 4.78 is 8.03. The molecule has 1 saturated heterocycles. The highest BCUT2D eigenvalue weighted by Crippen LogP contribution is 2.37. The van der Waals surface area contributed by atoms with Crippen molar-refractivity contribution in [2.75, 3.05) is 6.61 Å². The van der Waals surface area contributed by atoms with Gasteiger partial charge in [0.15, 0.2) is 6.29 Å². The molecule has 1 N–H and O–H groups in total. The molecule has 1 aromatic carbocycles. The van der Waals surface area contributed by atoms with E-state index in [2.05, 4.69) is 47.3 Å². The van der Waals surface area contributed by atoms with Crippen LogP contribution in [0.3, 0.4) is 0 Å². The third kappa shape index (κ3) is 2.27. The molecule has 0 aliphatic carbocycles. The van der Waals surface area contributed by atoms with Gasteiger partial charge < -0.3 is 9.30 Å². The molecule has 3 heterocycles. The lowest BCUT2D eigenvalue weighted by atomic mass is 9.98. The molecule has 2 aromatic rings. The fourth-order valence-corrected chi connectivity index (χ4v) is 3.48. The van der Waals surface area contributed by atoms with Gasteiger partial charge in [-0.05, 0) is 43.7 Å². The molecule has 0 saturated carbocycles. The first-order valence-electron chi connectivity index (χ1n) is 7.89. The Morgan fingerprint density at radius 1 is 1.33 bits per heavy atom. The molecular formula is C17H22N2O2. The van der Waals surface area contributed by atoms with Gasteiger partial charge in [-0.3, -0.25) is 4.84 Å². The van der Waals surface area contributed by atoms with Crippen molar-refractivity contribution in [1.82, 2.24) is 10.0 Å². The fraction of sp³-hybridized carbons (Fsp3) is 0.529. The van der Waals surface area contributed by atoms with Crippen LogP contribution in [-0.4, -0.2) is 17.5 Å². The maximum atomic E-state index is 5.84. The quantitative estimate of drug-likeness (QED) is 0.879. The van der Waals surface area contributed by atoms with Crippen molar-refractivity contribution in [2.24, 2.45) is 0 Å². The first-order valence-corrected chi connectivity index (χ1v) is 7.89. The number of hydrogen-bond acceptors (Lipinski definition) is 3. The Morgan fingerprint density at radius 3 is 3.10 bits per heavy atom. The lowest BCUT2D eigenvalue weighted by Crippen LogP contribution is -2.41. The van der Waals surface area contributed by atoms with Gasteiger partial charge in [-0.1, -0.05) is 18.2 Å². The zero-order valence-corrected chi connectivity index (χ0v) is 12.5. The minimum atomic E-state index is -0.139. The molecule has 21 heavy (non-hydrogen) atoms. The molecule has 2 unspecified atom stereocenters. The monoisotopic (exact) mass is 286 g/mol. The molecule has 1 aromatic heterocycles. The summed E-state index contributed by atoms with van der Waals surface area (Å²) in [6, 6.07) is 10.8. The van der Waals surface area contributed by atoms with Crippen molar-refractivity contribution in [2.45, 2.75) is 51.0 Å². The van der Waals surface area contributed by atoms with Crippen molar-refractivity contribution in [3.8, 4) is 0 Å². The SMILES string of the molecule is CC1(NOC2CCCCO2)CCn2c1cc1ccccc12. The number of aryl methyl sites for hydroxylation is 1. The van der Waals surface area contributed by atoms with Gasteiger partial charge >= 0.3 is 0 Å². The summed E-state index contributed by atoms with van der Waals surface area (Å²) >= 11 is 0. The Labute approximate surface area is 125 Å². The van der Waals surface area contributed by atoms with Gasteiger partial charge in [-0.15, -0.1) is 0 Å². The standard InChI is InChI=1S/C17H22N2O2/c1-17(18-21-16-8-4-5-11-20-16)9-10-19-14-7-3-2-6-13(14)12-15(17)19/h2-3,6-7,12,16,18H,4-5,8-11H2,1H3. The average molecular weight is 286 g/mol. The second kappa shape index (κ2) is 5.13. The number of nitrogens with zero attached hydrogens (tertiary/aromatic N) is 1. The zero-order valence-electron chi connectivity index (χ0n) is 12.5. The number of hydrogen-bond donors (Lipinski definition) is 1. The van der Waals surface area contributed by atoms with E-state index in [1.54, 1.807) is 0 Å². The molecule has 4 nitrogen and oxygen atoms in total. The molecule has 0 bridgehead atoms. The van der Waals surface area contributed by atoms with Crippen LogP contribution in [0.25, 0.3) is 10.9 Å². The number of rotatable bonds is 3. The topological polar surface area (TPSA) is 35.4 Å². The van der Waals surface area contributed by atoms with Crippen LogP contribution in [0.5, 0.6) is 0 Å². The third-order valence-corrected chi connectivity index (χ3v) is 4.76. The van der Waals surface area contributed by atoms with Gasteiger partial charge in [0.2, 0.25) is 0 Å². The molecule has 2 aliphatic heterocycles.